The minimum absolute atomic E-state index is 0.237. The molecule has 5 aromatic rings. The van der Waals surface area contributed by atoms with Crippen LogP contribution in [0.4, 0.5) is 17.1 Å². The number of hydrogen-bond acceptors (Lipinski definition) is 2. The van der Waals surface area contributed by atoms with Crippen molar-refractivity contribution in [3.8, 4) is 5.69 Å². The molecule has 6 rings (SSSR count). The number of aryl methyl sites for hydroxylation is 1. The molecule has 3 heteroatoms. The molecule has 1 atom stereocenters. The van der Waals surface area contributed by atoms with Crippen molar-refractivity contribution < 1.29 is 0 Å². The quantitative estimate of drug-likeness (QED) is 0.314. The van der Waals surface area contributed by atoms with Gasteiger partial charge in [-0.3, -0.25) is 0 Å². The summed E-state index contributed by atoms with van der Waals surface area (Å²) in [5.74, 6) is 0. The van der Waals surface area contributed by atoms with Crippen molar-refractivity contribution in [2.24, 2.45) is 0 Å². The fourth-order valence-corrected chi connectivity index (χ4v) is 5.16. The van der Waals surface area contributed by atoms with E-state index in [9.17, 15) is 0 Å². The molecule has 0 aliphatic carbocycles. The molecule has 0 amide bonds. The Labute approximate surface area is 182 Å². The van der Waals surface area contributed by atoms with Crippen LogP contribution in [0.5, 0.6) is 0 Å². The molecule has 0 saturated carbocycles. The Morgan fingerprint density at radius 1 is 0.677 bits per heavy atom. The fraction of sp³-hybridized carbons (Fsp3) is 0.143. The highest BCUT2D eigenvalue weighted by Crippen LogP contribution is 2.48. The SMILES string of the molecule is Cc1ccc2c(c1N1c3ccccc3N(C)[C@@H]1C)c1ccccc1n2-c1ccccc1. The average molecular weight is 404 g/mol. The van der Waals surface area contributed by atoms with Gasteiger partial charge in [-0.05, 0) is 55.8 Å². The number of hydrogen-bond donors (Lipinski definition) is 0. The summed E-state index contributed by atoms with van der Waals surface area (Å²) >= 11 is 0. The van der Waals surface area contributed by atoms with Gasteiger partial charge in [0, 0.05) is 23.5 Å². The van der Waals surface area contributed by atoms with Gasteiger partial charge in [0.05, 0.1) is 28.1 Å². The summed E-state index contributed by atoms with van der Waals surface area (Å²) in [6, 6.07) is 32.7. The third-order valence-corrected chi connectivity index (χ3v) is 6.72. The number of benzene rings is 4. The first-order valence-electron chi connectivity index (χ1n) is 10.9. The molecule has 31 heavy (non-hydrogen) atoms. The van der Waals surface area contributed by atoms with Crippen LogP contribution in [-0.4, -0.2) is 17.8 Å². The van der Waals surface area contributed by atoms with Crippen LogP contribution in [0.15, 0.2) is 91.0 Å². The van der Waals surface area contributed by atoms with Crippen molar-refractivity contribution in [1.82, 2.24) is 4.57 Å². The van der Waals surface area contributed by atoms with Crippen LogP contribution in [0.1, 0.15) is 12.5 Å². The predicted octanol–water partition coefficient (Wildman–Crippen LogP) is 7.03. The third kappa shape index (κ3) is 2.46. The molecule has 152 valence electrons. The van der Waals surface area contributed by atoms with Gasteiger partial charge in [0.15, 0.2) is 0 Å². The topological polar surface area (TPSA) is 11.4 Å². The van der Waals surface area contributed by atoms with Gasteiger partial charge in [-0.15, -0.1) is 0 Å². The van der Waals surface area contributed by atoms with Gasteiger partial charge in [-0.25, -0.2) is 0 Å². The second-order valence-electron chi connectivity index (χ2n) is 8.41. The molecule has 0 N–H and O–H groups in total. The lowest BCUT2D eigenvalue weighted by Crippen LogP contribution is -2.36. The molecule has 3 nitrogen and oxygen atoms in total. The Morgan fingerprint density at radius 2 is 1.35 bits per heavy atom. The molecule has 0 unspecified atom stereocenters. The highest BCUT2D eigenvalue weighted by atomic mass is 15.4. The molecular weight excluding hydrogens is 378 g/mol. The largest absolute Gasteiger partial charge is 0.353 e. The van der Waals surface area contributed by atoms with Crippen molar-refractivity contribution in [3.63, 3.8) is 0 Å². The van der Waals surface area contributed by atoms with E-state index in [4.69, 9.17) is 0 Å². The number of fused-ring (bicyclic) bond motifs is 4. The second kappa shape index (κ2) is 6.64. The van der Waals surface area contributed by atoms with E-state index in [2.05, 4.69) is 126 Å². The zero-order chi connectivity index (χ0) is 21.1. The van der Waals surface area contributed by atoms with Gasteiger partial charge < -0.3 is 14.4 Å². The van der Waals surface area contributed by atoms with Crippen LogP contribution in [-0.2, 0) is 0 Å². The van der Waals surface area contributed by atoms with Crippen LogP contribution in [0.25, 0.3) is 27.5 Å². The van der Waals surface area contributed by atoms with E-state index in [0.717, 1.165) is 0 Å². The van der Waals surface area contributed by atoms with Crippen LogP contribution >= 0.6 is 0 Å². The Balaban J connectivity index is 1.74. The van der Waals surface area contributed by atoms with Gasteiger partial charge in [-0.1, -0.05) is 54.6 Å². The predicted molar refractivity (Wildman–Crippen MR) is 132 cm³/mol. The number of nitrogens with zero attached hydrogens (tertiary/aromatic N) is 3. The van der Waals surface area contributed by atoms with Crippen LogP contribution in [0.2, 0.25) is 0 Å². The Kier molecular flexibility index (Phi) is 3.87. The van der Waals surface area contributed by atoms with Crippen LogP contribution < -0.4 is 9.80 Å². The number of anilines is 3. The van der Waals surface area contributed by atoms with Crippen molar-refractivity contribution in [1.29, 1.82) is 0 Å². The lowest BCUT2D eigenvalue weighted by Gasteiger charge is -2.30. The first-order valence-corrected chi connectivity index (χ1v) is 10.9. The molecule has 4 aromatic carbocycles. The Morgan fingerprint density at radius 3 is 2.16 bits per heavy atom. The summed E-state index contributed by atoms with van der Waals surface area (Å²) < 4.78 is 2.39. The van der Waals surface area contributed by atoms with Crippen LogP contribution in [0.3, 0.4) is 0 Å². The molecule has 1 aliphatic rings. The van der Waals surface area contributed by atoms with E-state index >= 15 is 0 Å². The molecule has 1 aromatic heterocycles. The first-order chi connectivity index (χ1) is 15.2. The fourth-order valence-electron chi connectivity index (χ4n) is 5.16. The summed E-state index contributed by atoms with van der Waals surface area (Å²) in [5.41, 5.74) is 8.81. The number of para-hydroxylation sites is 4. The maximum absolute atomic E-state index is 2.51. The third-order valence-electron chi connectivity index (χ3n) is 6.72. The summed E-state index contributed by atoms with van der Waals surface area (Å²) in [7, 11) is 2.19. The van der Waals surface area contributed by atoms with Crippen molar-refractivity contribution >= 4 is 38.9 Å². The summed E-state index contributed by atoms with van der Waals surface area (Å²) in [4.78, 5) is 4.87. The monoisotopic (exact) mass is 403 g/mol. The normalized spacial score (nSPS) is 15.8. The maximum Gasteiger partial charge on any atom is 0.103 e. The molecule has 0 radical (unpaired) electrons. The molecular formula is C28H25N3. The van der Waals surface area contributed by atoms with E-state index in [1.54, 1.807) is 0 Å². The molecule has 0 fully saturated rings. The van der Waals surface area contributed by atoms with E-state index in [1.165, 1.54) is 50.1 Å². The highest BCUT2D eigenvalue weighted by Gasteiger charge is 2.33. The van der Waals surface area contributed by atoms with Gasteiger partial charge in [0.2, 0.25) is 0 Å². The van der Waals surface area contributed by atoms with E-state index in [-0.39, 0.29) is 6.17 Å². The van der Waals surface area contributed by atoms with Gasteiger partial charge >= 0.3 is 0 Å². The van der Waals surface area contributed by atoms with E-state index < -0.39 is 0 Å². The molecule has 0 saturated heterocycles. The van der Waals surface area contributed by atoms with Crippen LogP contribution in [0, 0.1) is 6.92 Å². The Bertz CT molecular complexity index is 1430. The number of rotatable bonds is 2. The number of aromatic nitrogens is 1. The van der Waals surface area contributed by atoms with Gasteiger partial charge in [0.25, 0.3) is 0 Å². The van der Waals surface area contributed by atoms with Gasteiger partial charge in [-0.2, -0.15) is 0 Å². The van der Waals surface area contributed by atoms with Gasteiger partial charge in [0.1, 0.15) is 6.17 Å². The standard InChI is InChI=1S/C28H25N3/c1-19-17-18-26-27(28(19)30-20(2)29(3)24-15-9-10-16-25(24)30)22-13-7-8-14-23(22)31(26)21-11-5-4-6-12-21/h4-18,20H,1-3H3/t20-/m0/s1. The lowest BCUT2D eigenvalue weighted by atomic mass is 10.0. The minimum atomic E-state index is 0.237. The summed E-state index contributed by atoms with van der Waals surface area (Å²) in [6.45, 7) is 4.52. The highest BCUT2D eigenvalue weighted by molar-refractivity contribution is 6.17. The van der Waals surface area contributed by atoms with E-state index in [0.29, 0.717) is 0 Å². The molecule has 0 spiro atoms. The molecule has 0 bridgehead atoms. The first kappa shape index (κ1) is 18.1. The average Bonchev–Trinajstić information content (AvgIpc) is 3.27. The second-order valence-corrected chi connectivity index (χ2v) is 8.41. The van der Waals surface area contributed by atoms with E-state index in [1.807, 2.05) is 0 Å². The minimum Gasteiger partial charge on any atom is -0.353 e. The molecule has 2 heterocycles. The zero-order valence-corrected chi connectivity index (χ0v) is 18.1. The molecule has 1 aliphatic heterocycles. The van der Waals surface area contributed by atoms with Crippen molar-refractivity contribution in [2.75, 3.05) is 16.8 Å². The van der Waals surface area contributed by atoms with Crippen molar-refractivity contribution in [2.45, 2.75) is 20.0 Å². The zero-order valence-electron chi connectivity index (χ0n) is 18.1. The van der Waals surface area contributed by atoms with Crippen molar-refractivity contribution in [3.05, 3.63) is 96.6 Å². The lowest BCUT2D eigenvalue weighted by molar-refractivity contribution is 0.734. The smallest absolute Gasteiger partial charge is 0.103 e. The maximum atomic E-state index is 2.51. The summed E-state index contributed by atoms with van der Waals surface area (Å²) in [6.07, 6.45) is 0.237. The summed E-state index contributed by atoms with van der Waals surface area (Å²) in [5, 5.41) is 2.61. The Hall–Kier alpha value is -3.72.